The highest BCUT2D eigenvalue weighted by Crippen LogP contribution is 2.15. The van der Waals surface area contributed by atoms with Gasteiger partial charge in [0.15, 0.2) is 6.10 Å². The minimum Gasteiger partial charge on any atom is -0.446 e. The van der Waals surface area contributed by atoms with E-state index in [1.807, 2.05) is 19.1 Å². The van der Waals surface area contributed by atoms with E-state index in [4.69, 9.17) is 4.74 Å². The van der Waals surface area contributed by atoms with Crippen LogP contribution in [-0.2, 0) is 4.74 Å². The highest BCUT2D eigenvalue weighted by molar-refractivity contribution is 9.10. The predicted molar refractivity (Wildman–Crippen MR) is 80.9 cm³/mol. The van der Waals surface area contributed by atoms with Gasteiger partial charge in [-0.3, -0.25) is 0 Å². The minimum absolute atomic E-state index is 0.322. The molecule has 3 heteroatoms. The van der Waals surface area contributed by atoms with Crippen LogP contribution in [0.25, 0.3) is 0 Å². The Balaban J connectivity index is 2.75. The van der Waals surface area contributed by atoms with Gasteiger partial charge in [-0.05, 0) is 30.5 Å². The van der Waals surface area contributed by atoms with Crippen LogP contribution in [-0.4, -0.2) is 12.1 Å². The summed E-state index contributed by atoms with van der Waals surface area (Å²) in [6.07, 6.45) is 1.20. The van der Waals surface area contributed by atoms with Crippen LogP contribution in [0.5, 0.6) is 0 Å². The molecule has 1 aromatic rings. The Morgan fingerprint density at radius 2 is 2.16 bits per heavy atom. The molecular weight excluding hydrogens is 304 g/mol. The van der Waals surface area contributed by atoms with Gasteiger partial charge >= 0.3 is 5.97 Å². The molecule has 0 aliphatic heterocycles. The second-order valence-corrected chi connectivity index (χ2v) is 5.62. The lowest BCUT2D eigenvalue weighted by Crippen LogP contribution is -2.18. The summed E-state index contributed by atoms with van der Waals surface area (Å²) >= 11 is 3.34. The molecule has 0 saturated carbocycles. The first-order valence-electron chi connectivity index (χ1n) is 6.47. The van der Waals surface area contributed by atoms with Crippen LogP contribution >= 0.6 is 15.9 Å². The van der Waals surface area contributed by atoms with Gasteiger partial charge in [-0.25, -0.2) is 4.79 Å². The van der Waals surface area contributed by atoms with E-state index in [1.54, 1.807) is 12.1 Å². The molecule has 0 spiro atoms. The number of carbonyl (C=O) groups excluding carboxylic acids is 1. The fourth-order valence-electron chi connectivity index (χ4n) is 1.59. The van der Waals surface area contributed by atoms with E-state index in [2.05, 4.69) is 41.6 Å². The summed E-state index contributed by atoms with van der Waals surface area (Å²) < 4.78 is 6.33. The van der Waals surface area contributed by atoms with Gasteiger partial charge in [0.05, 0.1) is 5.56 Å². The van der Waals surface area contributed by atoms with Crippen LogP contribution in [0, 0.1) is 17.8 Å². The maximum atomic E-state index is 12.0. The van der Waals surface area contributed by atoms with Crippen molar-refractivity contribution in [3.63, 3.8) is 0 Å². The molecule has 0 radical (unpaired) electrons. The standard InChI is InChI=1S/C16H19BrO2/c1-4-5-9-15(10-12(2)3)19-16(18)13-7-6-8-14(17)11-13/h6-8,11-12,15H,4,10H2,1-3H3. The molecule has 0 saturated heterocycles. The lowest BCUT2D eigenvalue weighted by Gasteiger charge is -2.14. The van der Waals surface area contributed by atoms with E-state index in [-0.39, 0.29) is 12.1 Å². The molecule has 0 aromatic heterocycles. The molecule has 0 heterocycles. The number of esters is 1. The summed E-state index contributed by atoms with van der Waals surface area (Å²) in [5.74, 6) is 6.11. The summed E-state index contributed by atoms with van der Waals surface area (Å²) in [5.41, 5.74) is 0.543. The zero-order valence-corrected chi connectivity index (χ0v) is 13.2. The lowest BCUT2D eigenvalue weighted by molar-refractivity contribution is 0.0377. The Kier molecular flexibility index (Phi) is 6.66. The number of benzene rings is 1. The summed E-state index contributed by atoms with van der Waals surface area (Å²) in [5, 5.41) is 0. The van der Waals surface area contributed by atoms with Crippen LogP contribution in [0.15, 0.2) is 28.7 Å². The molecule has 1 aromatic carbocycles. The number of carbonyl (C=O) groups is 1. The van der Waals surface area contributed by atoms with Crippen molar-refractivity contribution in [1.29, 1.82) is 0 Å². The Labute approximate surface area is 123 Å². The fraction of sp³-hybridized carbons (Fsp3) is 0.438. The molecule has 1 atom stereocenters. The van der Waals surface area contributed by atoms with Crippen LogP contribution < -0.4 is 0 Å². The predicted octanol–water partition coefficient (Wildman–Crippen LogP) is 4.43. The molecule has 0 aliphatic carbocycles. The van der Waals surface area contributed by atoms with Gasteiger partial charge in [0, 0.05) is 10.9 Å². The molecule has 0 bridgehead atoms. The number of hydrogen-bond acceptors (Lipinski definition) is 2. The van der Waals surface area contributed by atoms with Crippen molar-refractivity contribution in [1.82, 2.24) is 0 Å². The van der Waals surface area contributed by atoms with Crippen molar-refractivity contribution in [2.75, 3.05) is 0 Å². The van der Waals surface area contributed by atoms with Crippen LogP contribution in [0.4, 0.5) is 0 Å². The van der Waals surface area contributed by atoms with Crippen molar-refractivity contribution in [2.24, 2.45) is 5.92 Å². The number of ether oxygens (including phenoxy) is 1. The van der Waals surface area contributed by atoms with Crippen molar-refractivity contribution in [3.8, 4) is 11.8 Å². The number of rotatable bonds is 4. The highest BCUT2D eigenvalue weighted by Gasteiger charge is 2.15. The summed E-state index contributed by atoms with van der Waals surface area (Å²) in [6.45, 7) is 6.16. The third kappa shape index (κ3) is 5.94. The van der Waals surface area contributed by atoms with E-state index in [1.165, 1.54) is 0 Å². The smallest absolute Gasteiger partial charge is 0.339 e. The topological polar surface area (TPSA) is 26.3 Å². The molecule has 0 aliphatic rings. The van der Waals surface area contributed by atoms with E-state index in [0.29, 0.717) is 11.5 Å². The van der Waals surface area contributed by atoms with Gasteiger partial charge in [-0.2, -0.15) is 0 Å². The van der Waals surface area contributed by atoms with Crippen molar-refractivity contribution in [2.45, 2.75) is 39.7 Å². The Morgan fingerprint density at radius 3 is 2.74 bits per heavy atom. The highest BCUT2D eigenvalue weighted by atomic mass is 79.9. The van der Waals surface area contributed by atoms with Gasteiger partial charge in [0.1, 0.15) is 0 Å². The van der Waals surface area contributed by atoms with Crippen LogP contribution in [0.3, 0.4) is 0 Å². The Morgan fingerprint density at radius 1 is 1.42 bits per heavy atom. The summed E-state index contributed by atoms with van der Waals surface area (Å²) in [4.78, 5) is 12.0. The van der Waals surface area contributed by atoms with Gasteiger partial charge in [-0.1, -0.05) is 54.6 Å². The normalized spacial score (nSPS) is 11.6. The van der Waals surface area contributed by atoms with Crippen LogP contribution in [0.2, 0.25) is 0 Å². The first-order valence-corrected chi connectivity index (χ1v) is 7.27. The molecule has 1 unspecified atom stereocenters. The van der Waals surface area contributed by atoms with Crippen molar-refractivity contribution in [3.05, 3.63) is 34.3 Å². The van der Waals surface area contributed by atoms with E-state index in [0.717, 1.165) is 17.3 Å². The third-order valence-electron chi connectivity index (χ3n) is 2.43. The third-order valence-corrected chi connectivity index (χ3v) is 2.93. The van der Waals surface area contributed by atoms with E-state index >= 15 is 0 Å². The quantitative estimate of drug-likeness (QED) is 0.605. The van der Waals surface area contributed by atoms with Gasteiger partial charge in [0.25, 0.3) is 0 Å². The fourth-order valence-corrected chi connectivity index (χ4v) is 1.99. The average Bonchev–Trinajstić information content (AvgIpc) is 2.35. The van der Waals surface area contributed by atoms with Gasteiger partial charge in [0.2, 0.25) is 0 Å². The molecule has 0 N–H and O–H groups in total. The molecule has 19 heavy (non-hydrogen) atoms. The minimum atomic E-state index is -0.327. The lowest BCUT2D eigenvalue weighted by atomic mass is 10.1. The average molecular weight is 323 g/mol. The Hall–Kier alpha value is -1.27. The SMILES string of the molecule is CCC#CC(CC(C)C)OC(=O)c1cccc(Br)c1. The van der Waals surface area contributed by atoms with Gasteiger partial charge in [-0.15, -0.1) is 0 Å². The molecular formula is C16H19BrO2. The first-order chi connectivity index (χ1) is 9.02. The molecule has 1 rings (SSSR count). The monoisotopic (exact) mass is 322 g/mol. The Bertz CT molecular complexity index is 483. The molecule has 2 nitrogen and oxygen atoms in total. The molecule has 0 amide bonds. The van der Waals surface area contributed by atoms with Crippen LogP contribution in [0.1, 0.15) is 44.0 Å². The van der Waals surface area contributed by atoms with Crippen molar-refractivity contribution < 1.29 is 9.53 Å². The summed E-state index contributed by atoms with van der Waals surface area (Å²) in [6, 6.07) is 7.18. The van der Waals surface area contributed by atoms with E-state index < -0.39 is 0 Å². The number of hydrogen-bond donors (Lipinski definition) is 0. The maximum Gasteiger partial charge on any atom is 0.339 e. The largest absolute Gasteiger partial charge is 0.446 e. The number of halogens is 1. The maximum absolute atomic E-state index is 12.0. The zero-order chi connectivity index (χ0) is 14.3. The van der Waals surface area contributed by atoms with E-state index in [9.17, 15) is 4.79 Å². The first kappa shape index (κ1) is 15.8. The molecule has 102 valence electrons. The van der Waals surface area contributed by atoms with Gasteiger partial charge < -0.3 is 4.74 Å². The zero-order valence-electron chi connectivity index (χ0n) is 11.6. The van der Waals surface area contributed by atoms with Crippen molar-refractivity contribution >= 4 is 21.9 Å². The second kappa shape index (κ2) is 8.01. The molecule has 0 fully saturated rings. The summed E-state index contributed by atoms with van der Waals surface area (Å²) in [7, 11) is 0. The second-order valence-electron chi connectivity index (χ2n) is 4.71.